The quantitative estimate of drug-likeness (QED) is 0.0261. The highest BCUT2D eigenvalue weighted by Crippen LogP contribution is 2.13. The summed E-state index contributed by atoms with van der Waals surface area (Å²) < 4.78 is 16.8. The Bertz CT molecular complexity index is 1950. The lowest BCUT2D eigenvalue weighted by molar-refractivity contribution is -0.166. The number of unbranched alkanes of at least 4 members (excludes halogenated alkanes) is 12. The van der Waals surface area contributed by atoms with E-state index in [9.17, 15) is 14.4 Å². The largest absolute Gasteiger partial charge is 0.462 e. The van der Waals surface area contributed by atoms with Crippen molar-refractivity contribution in [3.05, 3.63) is 194 Å². The molecule has 450 valence electrons. The summed E-state index contributed by atoms with van der Waals surface area (Å²) in [6.45, 7) is 6.20. The van der Waals surface area contributed by atoms with Crippen LogP contribution in [0.15, 0.2) is 194 Å². The van der Waals surface area contributed by atoms with Gasteiger partial charge in [-0.05, 0) is 148 Å². The number of hydrogen-bond acceptors (Lipinski definition) is 6. The summed E-state index contributed by atoms with van der Waals surface area (Å²) in [5.41, 5.74) is 0. The molecule has 0 aromatic heterocycles. The van der Waals surface area contributed by atoms with Gasteiger partial charge >= 0.3 is 17.9 Å². The Hall–Kier alpha value is -5.75. The number of ether oxygens (including phenoxy) is 3. The van der Waals surface area contributed by atoms with Crippen LogP contribution in [-0.2, 0) is 28.6 Å². The first-order valence-electron chi connectivity index (χ1n) is 31.9. The molecule has 0 bridgehead atoms. The molecule has 0 rings (SSSR count). The van der Waals surface area contributed by atoms with Crippen LogP contribution < -0.4 is 0 Å². The summed E-state index contributed by atoms with van der Waals surface area (Å²) in [4.78, 5) is 38.4. The SMILES string of the molecule is CC/C=C\C/C=C\C/C=C\C/C=C\C/C=C\C/C=C\CCC(=O)OCC(COC(=O)CCCCCCCCC/C=C\C/C=C\C/C=C\C/C=C\C/C=C\CC)OC(=O)CCCCCCC/C=C\C/C=C\C/C=C\C/C=C\C/C=C\CC. The maximum Gasteiger partial charge on any atom is 0.306 e. The summed E-state index contributed by atoms with van der Waals surface area (Å²) in [5.74, 6) is -1.05. The Morgan fingerprint density at radius 1 is 0.247 bits per heavy atom. The molecule has 0 aliphatic rings. The number of esters is 3. The van der Waals surface area contributed by atoms with E-state index >= 15 is 0 Å². The molecule has 0 N–H and O–H groups in total. The van der Waals surface area contributed by atoms with Crippen molar-refractivity contribution in [1.82, 2.24) is 0 Å². The molecule has 0 saturated carbocycles. The predicted octanol–water partition coefficient (Wildman–Crippen LogP) is 22.2. The van der Waals surface area contributed by atoms with Crippen molar-refractivity contribution in [2.75, 3.05) is 13.2 Å². The average molecular weight is 1110 g/mol. The number of hydrogen-bond donors (Lipinski definition) is 0. The monoisotopic (exact) mass is 1110 g/mol. The summed E-state index contributed by atoms with van der Waals surface area (Å²) in [6.07, 6.45) is 101. The van der Waals surface area contributed by atoms with Crippen molar-refractivity contribution in [2.24, 2.45) is 0 Å². The van der Waals surface area contributed by atoms with Crippen LogP contribution in [-0.4, -0.2) is 37.2 Å². The second-order valence-corrected chi connectivity index (χ2v) is 20.2. The van der Waals surface area contributed by atoms with Gasteiger partial charge in [0.2, 0.25) is 0 Å². The Balaban J connectivity index is 4.59. The van der Waals surface area contributed by atoms with Crippen molar-refractivity contribution < 1.29 is 28.6 Å². The molecular formula is C75H114O6. The minimum absolute atomic E-state index is 0.126. The molecule has 0 heterocycles. The summed E-state index contributed by atoms with van der Waals surface area (Å²) >= 11 is 0. The Kier molecular flexibility index (Phi) is 62.0. The normalized spacial score (nSPS) is 13.5. The molecule has 0 spiro atoms. The van der Waals surface area contributed by atoms with Crippen molar-refractivity contribution in [2.45, 2.75) is 245 Å². The van der Waals surface area contributed by atoms with E-state index in [4.69, 9.17) is 14.2 Å². The first-order valence-corrected chi connectivity index (χ1v) is 31.9. The van der Waals surface area contributed by atoms with Crippen molar-refractivity contribution in [3.8, 4) is 0 Å². The molecule has 0 amide bonds. The predicted molar refractivity (Wildman–Crippen MR) is 352 cm³/mol. The van der Waals surface area contributed by atoms with Crippen LogP contribution >= 0.6 is 0 Å². The van der Waals surface area contributed by atoms with Crippen LogP contribution in [0.2, 0.25) is 0 Å². The zero-order chi connectivity index (χ0) is 58.5. The third kappa shape index (κ3) is 64.9. The van der Waals surface area contributed by atoms with E-state index in [-0.39, 0.29) is 44.0 Å². The molecule has 0 aromatic rings. The van der Waals surface area contributed by atoms with Gasteiger partial charge in [0.1, 0.15) is 13.2 Å². The number of carbonyl (C=O) groups excluding carboxylic acids is 3. The Morgan fingerprint density at radius 3 is 0.765 bits per heavy atom. The van der Waals surface area contributed by atoms with E-state index < -0.39 is 6.10 Å². The lowest BCUT2D eigenvalue weighted by Crippen LogP contribution is -2.30. The van der Waals surface area contributed by atoms with Gasteiger partial charge in [0, 0.05) is 19.3 Å². The second-order valence-electron chi connectivity index (χ2n) is 20.2. The molecule has 0 saturated heterocycles. The van der Waals surface area contributed by atoms with Gasteiger partial charge in [-0.2, -0.15) is 0 Å². The smallest absolute Gasteiger partial charge is 0.306 e. The summed E-state index contributed by atoms with van der Waals surface area (Å²) in [7, 11) is 0. The van der Waals surface area contributed by atoms with E-state index in [0.29, 0.717) is 12.8 Å². The highest BCUT2D eigenvalue weighted by Gasteiger charge is 2.19. The number of carbonyl (C=O) groups is 3. The molecule has 0 aliphatic heterocycles. The zero-order valence-corrected chi connectivity index (χ0v) is 51.5. The van der Waals surface area contributed by atoms with E-state index in [1.54, 1.807) is 0 Å². The molecule has 6 heteroatoms. The summed E-state index contributed by atoms with van der Waals surface area (Å²) in [6, 6.07) is 0. The van der Waals surface area contributed by atoms with Gasteiger partial charge < -0.3 is 14.2 Å². The minimum Gasteiger partial charge on any atom is -0.462 e. The van der Waals surface area contributed by atoms with E-state index in [2.05, 4.69) is 203 Å². The van der Waals surface area contributed by atoms with Gasteiger partial charge in [0.15, 0.2) is 6.10 Å². The third-order valence-electron chi connectivity index (χ3n) is 12.6. The molecule has 1 unspecified atom stereocenters. The molecule has 1 atom stereocenters. The molecule has 0 fully saturated rings. The maximum atomic E-state index is 12.9. The fourth-order valence-corrected chi connectivity index (χ4v) is 7.93. The lowest BCUT2D eigenvalue weighted by Gasteiger charge is -2.18. The van der Waals surface area contributed by atoms with Crippen LogP contribution in [0.1, 0.15) is 239 Å². The van der Waals surface area contributed by atoms with Crippen LogP contribution in [0.25, 0.3) is 0 Å². The Labute approximate surface area is 497 Å². The molecule has 6 nitrogen and oxygen atoms in total. The van der Waals surface area contributed by atoms with E-state index in [0.717, 1.165) is 173 Å². The molecule has 0 aliphatic carbocycles. The van der Waals surface area contributed by atoms with Gasteiger partial charge in [-0.1, -0.05) is 267 Å². The fraction of sp³-hybridized carbons (Fsp3) is 0.533. The molecule has 0 radical (unpaired) electrons. The van der Waals surface area contributed by atoms with Gasteiger partial charge in [-0.25, -0.2) is 0 Å². The highest BCUT2D eigenvalue weighted by atomic mass is 16.6. The Morgan fingerprint density at radius 2 is 0.469 bits per heavy atom. The number of rotatable bonds is 55. The van der Waals surface area contributed by atoms with Gasteiger partial charge in [0.05, 0.1) is 0 Å². The third-order valence-corrected chi connectivity index (χ3v) is 12.6. The van der Waals surface area contributed by atoms with Crippen molar-refractivity contribution >= 4 is 17.9 Å². The fourth-order valence-electron chi connectivity index (χ4n) is 7.93. The maximum absolute atomic E-state index is 12.9. The zero-order valence-electron chi connectivity index (χ0n) is 51.5. The van der Waals surface area contributed by atoms with Crippen molar-refractivity contribution in [1.29, 1.82) is 0 Å². The standard InChI is InChI=1S/C75H114O6/c1-4-7-10-13-16-19-22-25-28-31-34-36-37-39-41-44-47-50-53-56-59-62-65-68-74(77)80-71-72(70-79-73(76)67-64-61-58-55-52-49-46-43-40-33-30-27-24-21-18-15-12-9-6-3)81-75(78)69-66-63-60-57-54-51-48-45-42-38-35-32-29-26-23-20-17-14-11-8-5-2/h7-12,16-21,25-30,34-36,38-41,43,45,48-49,52,58,61,72H,4-6,13-15,22-24,31-33,37,42,44,46-47,50-51,53-57,59-60,62-71H2,1-3H3/b10-7-,11-8-,12-9-,19-16-,20-17-,21-18-,28-25-,29-26-,30-27-,36-34-,38-35-,41-39-,43-40-,48-45-,52-49-,61-58-. The topological polar surface area (TPSA) is 78.9 Å². The summed E-state index contributed by atoms with van der Waals surface area (Å²) in [5, 5.41) is 0. The average Bonchev–Trinajstić information content (AvgIpc) is 3.47. The lowest BCUT2D eigenvalue weighted by atomic mass is 10.1. The van der Waals surface area contributed by atoms with Crippen molar-refractivity contribution in [3.63, 3.8) is 0 Å². The van der Waals surface area contributed by atoms with Crippen LogP contribution in [0.4, 0.5) is 0 Å². The molecule has 0 aromatic carbocycles. The van der Waals surface area contributed by atoms with E-state index in [1.165, 1.54) is 19.3 Å². The first kappa shape index (κ1) is 75.2. The second kappa shape index (κ2) is 66.8. The first-order chi connectivity index (χ1) is 40.0. The van der Waals surface area contributed by atoms with Gasteiger partial charge in [-0.15, -0.1) is 0 Å². The van der Waals surface area contributed by atoms with Gasteiger partial charge in [0.25, 0.3) is 0 Å². The van der Waals surface area contributed by atoms with Gasteiger partial charge in [-0.3, -0.25) is 14.4 Å². The minimum atomic E-state index is -0.839. The highest BCUT2D eigenvalue weighted by molar-refractivity contribution is 5.71. The molecule has 81 heavy (non-hydrogen) atoms. The molecular weight excluding hydrogens is 997 g/mol. The van der Waals surface area contributed by atoms with Crippen LogP contribution in [0.3, 0.4) is 0 Å². The van der Waals surface area contributed by atoms with E-state index in [1.807, 2.05) is 12.2 Å². The van der Waals surface area contributed by atoms with Crippen LogP contribution in [0, 0.1) is 0 Å². The van der Waals surface area contributed by atoms with Crippen LogP contribution in [0.5, 0.6) is 0 Å². The number of allylic oxidation sites excluding steroid dienone is 32.